The second-order valence-electron chi connectivity index (χ2n) is 12.1. The lowest BCUT2D eigenvalue weighted by atomic mass is 9.82. The molecule has 8 aromatic rings. The maximum Gasteiger partial charge on any atom is 0.136 e. The van der Waals surface area contributed by atoms with Gasteiger partial charge in [-0.3, -0.25) is 0 Å². The van der Waals surface area contributed by atoms with E-state index in [2.05, 4.69) is 151 Å². The molecular formula is C46H28O. The molecule has 1 nitrogen and oxygen atoms in total. The number of terminal acetylenes is 1. The summed E-state index contributed by atoms with van der Waals surface area (Å²) in [6.45, 7) is 2.04. The molecule has 47 heavy (non-hydrogen) atoms. The molecule has 0 atom stereocenters. The number of benzene rings is 7. The third kappa shape index (κ3) is 4.15. The van der Waals surface area contributed by atoms with Gasteiger partial charge in [0, 0.05) is 28.3 Å². The zero-order chi connectivity index (χ0) is 31.5. The smallest absolute Gasteiger partial charge is 0.136 e. The molecule has 0 fully saturated rings. The quantitative estimate of drug-likeness (QED) is 0.146. The zero-order valence-corrected chi connectivity index (χ0v) is 25.9. The lowest BCUT2D eigenvalue weighted by molar-refractivity contribution is 0.669. The molecule has 0 aliphatic heterocycles. The number of hydrogen-bond acceptors (Lipinski definition) is 1. The number of rotatable bonds is 3. The average Bonchev–Trinajstić information content (AvgIpc) is 3.28. The van der Waals surface area contributed by atoms with Crippen LogP contribution in [0.4, 0.5) is 0 Å². The molecule has 1 heteroatoms. The molecule has 0 amide bonds. The number of allylic oxidation sites excluding steroid dienone is 2. The summed E-state index contributed by atoms with van der Waals surface area (Å²) in [5.41, 5.74) is 10.3. The first kappa shape index (κ1) is 27.1. The van der Waals surface area contributed by atoms with Crippen molar-refractivity contribution in [3.05, 3.63) is 144 Å². The normalized spacial score (nSPS) is 12.5. The molecule has 7 aromatic carbocycles. The standard InChI is InChI=1S/C46H28O/c1-3-14-35-33(4-2)34-18-7-5-6-17-31(34)26-42(35)46-38-21-12-10-19-36(38)45(37-20-11-13-22-39(37)46)32-23-24-43-40(27-32)41-25-29-15-8-9-16-30(29)28-44(41)47-43/h2-3,6,8-17,19-28H,5H2,1H3/b14-3-. The van der Waals surface area contributed by atoms with E-state index in [4.69, 9.17) is 10.8 Å². The molecule has 0 unspecified atom stereocenters. The fourth-order valence-electron chi connectivity index (χ4n) is 7.41. The van der Waals surface area contributed by atoms with Gasteiger partial charge in [0.25, 0.3) is 0 Å². The van der Waals surface area contributed by atoms with E-state index >= 15 is 0 Å². The Hall–Kier alpha value is -6.28. The Balaban J connectivity index is 1.38. The fraction of sp³-hybridized carbons (Fsp3) is 0.0435. The monoisotopic (exact) mass is 596 g/mol. The third-order valence-corrected chi connectivity index (χ3v) is 9.43. The molecule has 9 rings (SSSR count). The molecular weight excluding hydrogens is 569 g/mol. The Labute approximate surface area is 273 Å². The summed E-state index contributed by atoms with van der Waals surface area (Å²) in [6.07, 6.45) is 15.4. The number of fused-ring (bicyclic) bond motifs is 7. The van der Waals surface area contributed by atoms with E-state index in [0.717, 1.165) is 55.3 Å². The molecule has 1 aliphatic rings. The molecule has 1 aromatic heterocycles. The van der Waals surface area contributed by atoms with Crippen molar-refractivity contribution in [2.75, 3.05) is 0 Å². The zero-order valence-electron chi connectivity index (χ0n) is 25.9. The van der Waals surface area contributed by atoms with Crippen LogP contribution in [0.15, 0.2) is 126 Å². The second kappa shape index (κ2) is 10.7. The van der Waals surface area contributed by atoms with Gasteiger partial charge in [-0.2, -0.15) is 0 Å². The van der Waals surface area contributed by atoms with Crippen LogP contribution < -0.4 is 0 Å². The molecule has 1 aliphatic carbocycles. The molecule has 0 radical (unpaired) electrons. The number of furan rings is 1. The van der Waals surface area contributed by atoms with Crippen LogP contribution in [0, 0.1) is 24.2 Å². The van der Waals surface area contributed by atoms with Gasteiger partial charge in [0.1, 0.15) is 11.2 Å². The summed E-state index contributed by atoms with van der Waals surface area (Å²) in [7, 11) is 0. The van der Waals surface area contributed by atoms with Crippen molar-refractivity contribution in [2.45, 2.75) is 13.3 Å². The minimum absolute atomic E-state index is 0.708. The van der Waals surface area contributed by atoms with E-state index in [-0.39, 0.29) is 0 Å². The van der Waals surface area contributed by atoms with Crippen LogP contribution in [-0.2, 0) is 0 Å². The molecule has 218 valence electrons. The Morgan fingerprint density at radius 2 is 1.36 bits per heavy atom. The van der Waals surface area contributed by atoms with Gasteiger partial charge >= 0.3 is 0 Å². The highest BCUT2D eigenvalue weighted by Gasteiger charge is 2.22. The second-order valence-corrected chi connectivity index (χ2v) is 12.1. The summed E-state index contributed by atoms with van der Waals surface area (Å²) < 4.78 is 6.38. The molecule has 1 heterocycles. The Morgan fingerprint density at radius 1 is 0.702 bits per heavy atom. The van der Waals surface area contributed by atoms with Crippen LogP contribution in [0.25, 0.3) is 88.7 Å². The Bertz CT molecular complexity index is 2730. The predicted octanol–water partition coefficient (Wildman–Crippen LogP) is 12.2. The van der Waals surface area contributed by atoms with Crippen LogP contribution >= 0.6 is 0 Å². The SMILES string of the molecule is C#Cc1c2c(cc(-c3c4ccccc4c(-c4ccc5oc6cc7ccccc7cc6c5c4)c4ccccc34)c1/C=C\C)C=CCC#C2. The molecule has 0 N–H and O–H groups in total. The minimum Gasteiger partial charge on any atom is -0.456 e. The van der Waals surface area contributed by atoms with Crippen molar-refractivity contribution in [1.29, 1.82) is 0 Å². The van der Waals surface area contributed by atoms with E-state index in [1.807, 2.05) is 6.92 Å². The van der Waals surface area contributed by atoms with Crippen molar-refractivity contribution < 1.29 is 4.42 Å². The van der Waals surface area contributed by atoms with E-state index in [1.165, 1.54) is 43.4 Å². The maximum atomic E-state index is 6.38. The summed E-state index contributed by atoms with van der Waals surface area (Å²) in [4.78, 5) is 0. The minimum atomic E-state index is 0.708. The van der Waals surface area contributed by atoms with Crippen molar-refractivity contribution in [3.63, 3.8) is 0 Å². The van der Waals surface area contributed by atoms with Gasteiger partial charge in [0.05, 0.1) is 0 Å². The summed E-state index contributed by atoms with van der Waals surface area (Å²) in [5.74, 6) is 9.65. The van der Waals surface area contributed by atoms with Crippen LogP contribution in [0.5, 0.6) is 0 Å². The van der Waals surface area contributed by atoms with Gasteiger partial charge in [-0.1, -0.05) is 121 Å². The third-order valence-electron chi connectivity index (χ3n) is 9.43. The maximum absolute atomic E-state index is 6.38. The Morgan fingerprint density at radius 3 is 2.06 bits per heavy atom. The van der Waals surface area contributed by atoms with Crippen LogP contribution in [0.3, 0.4) is 0 Å². The van der Waals surface area contributed by atoms with Gasteiger partial charge < -0.3 is 4.42 Å². The highest BCUT2D eigenvalue weighted by atomic mass is 16.3. The molecule has 0 saturated carbocycles. The molecule has 0 bridgehead atoms. The van der Waals surface area contributed by atoms with Gasteiger partial charge in [-0.25, -0.2) is 0 Å². The van der Waals surface area contributed by atoms with Gasteiger partial charge in [0.15, 0.2) is 0 Å². The highest BCUT2D eigenvalue weighted by Crippen LogP contribution is 2.47. The Kier molecular flexibility index (Phi) is 6.14. The number of hydrogen-bond donors (Lipinski definition) is 0. The fourth-order valence-corrected chi connectivity index (χ4v) is 7.41. The van der Waals surface area contributed by atoms with E-state index < -0.39 is 0 Å². The first-order valence-corrected chi connectivity index (χ1v) is 16.0. The van der Waals surface area contributed by atoms with Crippen LogP contribution in [0.1, 0.15) is 35.6 Å². The van der Waals surface area contributed by atoms with Gasteiger partial charge in [0.2, 0.25) is 0 Å². The summed E-state index contributed by atoms with van der Waals surface area (Å²) in [6, 6.07) is 39.3. The first-order valence-electron chi connectivity index (χ1n) is 16.0. The highest BCUT2D eigenvalue weighted by molar-refractivity contribution is 6.23. The van der Waals surface area contributed by atoms with Crippen LogP contribution in [-0.4, -0.2) is 0 Å². The molecule has 0 spiro atoms. The average molecular weight is 597 g/mol. The van der Waals surface area contributed by atoms with Gasteiger partial charge in [-0.05, 0) is 103 Å². The molecule has 0 saturated heterocycles. The first-order chi connectivity index (χ1) is 23.2. The van der Waals surface area contributed by atoms with E-state index in [1.54, 1.807) is 0 Å². The topological polar surface area (TPSA) is 13.1 Å². The van der Waals surface area contributed by atoms with E-state index in [0.29, 0.717) is 6.42 Å². The lowest BCUT2D eigenvalue weighted by Gasteiger charge is -2.21. The summed E-state index contributed by atoms with van der Waals surface area (Å²) >= 11 is 0. The van der Waals surface area contributed by atoms with Crippen molar-refractivity contribution in [2.24, 2.45) is 0 Å². The van der Waals surface area contributed by atoms with Crippen molar-refractivity contribution >= 4 is 66.4 Å². The van der Waals surface area contributed by atoms with E-state index in [9.17, 15) is 0 Å². The van der Waals surface area contributed by atoms with Crippen molar-refractivity contribution in [1.82, 2.24) is 0 Å². The predicted molar refractivity (Wildman–Crippen MR) is 200 cm³/mol. The lowest BCUT2D eigenvalue weighted by Crippen LogP contribution is -1.99. The van der Waals surface area contributed by atoms with Gasteiger partial charge in [-0.15, -0.1) is 6.42 Å². The summed E-state index contributed by atoms with van der Waals surface area (Å²) in [5, 5.41) is 9.38. The van der Waals surface area contributed by atoms with Crippen LogP contribution in [0.2, 0.25) is 0 Å². The largest absolute Gasteiger partial charge is 0.456 e. The van der Waals surface area contributed by atoms with Crippen molar-refractivity contribution in [3.8, 4) is 46.4 Å².